The lowest BCUT2D eigenvalue weighted by Gasteiger charge is -2.06. The van der Waals surface area contributed by atoms with Gasteiger partial charge in [-0.2, -0.15) is 5.10 Å². The maximum Gasteiger partial charge on any atom is 0.281 e. The van der Waals surface area contributed by atoms with Gasteiger partial charge in [-0.05, 0) is 47.8 Å². The van der Waals surface area contributed by atoms with Gasteiger partial charge in [-0.3, -0.25) is 4.79 Å². The van der Waals surface area contributed by atoms with Gasteiger partial charge in [0.05, 0.1) is 16.8 Å². The highest BCUT2D eigenvalue weighted by molar-refractivity contribution is 7.12. The minimum Gasteiger partial charge on any atom is -0.508 e. The van der Waals surface area contributed by atoms with Gasteiger partial charge in [-0.15, -0.1) is 11.3 Å². The number of amides is 1. The summed E-state index contributed by atoms with van der Waals surface area (Å²) in [6, 6.07) is 14.2. The van der Waals surface area contributed by atoms with E-state index in [1.165, 1.54) is 11.3 Å². The Kier molecular flexibility index (Phi) is 4.02. The highest BCUT2D eigenvalue weighted by Crippen LogP contribution is 2.15. The van der Waals surface area contributed by atoms with E-state index in [1.54, 1.807) is 36.5 Å². The lowest BCUT2D eigenvalue weighted by molar-refractivity contribution is 0.0959. The summed E-state index contributed by atoms with van der Waals surface area (Å²) in [5.74, 6) is -0.0108. The van der Waals surface area contributed by atoms with Crippen LogP contribution in [0.4, 0.5) is 0 Å². The fourth-order valence-corrected chi connectivity index (χ4v) is 2.58. The van der Waals surface area contributed by atoms with Gasteiger partial charge in [-0.1, -0.05) is 6.07 Å². The quantitative estimate of drug-likeness (QED) is 0.574. The molecule has 2 aromatic heterocycles. The molecule has 0 aliphatic carbocycles. The Labute approximate surface area is 131 Å². The highest BCUT2D eigenvalue weighted by Gasteiger charge is 2.05. The monoisotopic (exact) mass is 311 g/mol. The van der Waals surface area contributed by atoms with Crippen molar-refractivity contribution in [2.75, 3.05) is 0 Å². The zero-order valence-electron chi connectivity index (χ0n) is 11.5. The van der Waals surface area contributed by atoms with Gasteiger partial charge in [0.1, 0.15) is 5.75 Å². The van der Waals surface area contributed by atoms with E-state index < -0.39 is 0 Å². The summed E-state index contributed by atoms with van der Waals surface area (Å²) in [5.41, 5.74) is 4.21. The number of rotatable bonds is 4. The number of carbonyl (C=O) groups excluding carboxylic acids is 1. The van der Waals surface area contributed by atoms with Crippen molar-refractivity contribution in [2.45, 2.75) is 0 Å². The van der Waals surface area contributed by atoms with E-state index in [0.29, 0.717) is 4.88 Å². The summed E-state index contributed by atoms with van der Waals surface area (Å²) in [4.78, 5) is 12.4. The van der Waals surface area contributed by atoms with Gasteiger partial charge in [0.25, 0.3) is 5.91 Å². The molecular weight excluding hydrogens is 298 g/mol. The minimum atomic E-state index is -0.228. The minimum absolute atomic E-state index is 0.217. The Hall–Kier alpha value is -2.86. The Morgan fingerprint density at radius 1 is 1.18 bits per heavy atom. The normalized spacial score (nSPS) is 10.9. The summed E-state index contributed by atoms with van der Waals surface area (Å²) < 4.78 is 1.90. The molecule has 2 N–H and O–H groups in total. The largest absolute Gasteiger partial charge is 0.508 e. The SMILES string of the molecule is O=C(N/N=C/c1cccn1-c1ccc(O)cc1)c1cccs1. The molecule has 0 fully saturated rings. The summed E-state index contributed by atoms with van der Waals surface area (Å²) in [7, 11) is 0. The Bertz CT molecular complexity index is 789. The number of nitrogens with one attached hydrogen (secondary N) is 1. The van der Waals surface area contributed by atoms with Crippen molar-refractivity contribution < 1.29 is 9.90 Å². The molecule has 0 unspecified atom stereocenters. The second-order valence-electron chi connectivity index (χ2n) is 4.50. The number of hydrogen-bond acceptors (Lipinski definition) is 4. The lowest BCUT2D eigenvalue weighted by atomic mass is 10.3. The third kappa shape index (κ3) is 3.07. The second kappa shape index (κ2) is 6.28. The summed E-state index contributed by atoms with van der Waals surface area (Å²) >= 11 is 1.37. The molecule has 0 aliphatic rings. The molecule has 0 saturated carbocycles. The van der Waals surface area contributed by atoms with Gasteiger partial charge in [0.15, 0.2) is 0 Å². The Morgan fingerprint density at radius 2 is 2.00 bits per heavy atom. The molecule has 0 radical (unpaired) electrons. The molecule has 1 amide bonds. The number of aromatic hydroxyl groups is 1. The van der Waals surface area contributed by atoms with Crippen LogP contribution < -0.4 is 5.43 Å². The van der Waals surface area contributed by atoms with Crippen molar-refractivity contribution in [2.24, 2.45) is 5.10 Å². The van der Waals surface area contributed by atoms with Crippen LogP contribution >= 0.6 is 11.3 Å². The zero-order chi connectivity index (χ0) is 15.4. The highest BCUT2D eigenvalue weighted by atomic mass is 32.1. The molecule has 0 atom stereocenters. The molecule has 22 heavy (non-hydrogen) atoms. The van der Waals surface area contributed by atoms with Crippen LogP contribution in [0.3, 0.4) is 0 Å². The van der Waals surface area contributed by atoms with Gasteiger partial charge >= 0.3 is 0 Å². The summed E-state index contributed by atoms with van der Waals surface area (Å²) in [5, 5.41) is 15.2. The van der Waals surface area contributed by atoms with Crippen molar-refractivity contribution in [3.8, 4) is 11.4 Å². The average molecular weight is 311 g/mol. The number of phenolic OH excluding ortho intramolecular Hbond substituents is 1. The number of hydrogen-bond donors (Lipinski definition) is 2. The van der Waals surface area contributed by atoms with Gasteiger partial charge < -0.3 is 9.67 Å². The first-order chi connectivity index (χ1) is 10.7. The lowest BCUT2D eigenvalue weighted by Crippen LogP contribution is -2.16. The molecule has 0 bridgehead atoms. The number of thiophene rings is 1. The molecule has 1 aromatic carbocycles. The van der Waals surface area contributed by atoms with Gasteiger partial charge in [0, 0.05) is 11.9 Å². The van der Waals surface area contributed by atoms with Crippen molar-refractivity contribution in [3.63, 3.8) is 0 Å². The third-order valence-corrected chi connectivity index (χ3v) is 3.88. The molecule has 2 heterocycles. The first-order valence-electron chi connectivity index (χ1n) is 6.58. The predicted molar refractivity (Wildman–Crippen MR) is 86.8 cm³/mol. The summed E-state index contributed by atoms with van der Waals surface area (Å²) in [6.07, 6.45) is 3.47. The maximum atomic E-state index is 11.8. The van der Waals surface area contributed by atoms with Crippen LogP contribution in [0.5, 0.6) is 5.75 Å². The zero-order valence-corrected chi connectivity index (χ0v) is 12.3. The van der Waals surface area contributed by atoms with Crippen molar-refractivity contribution in [3.05, 3.63) is 70.7 Å². The predicted octanol–water partition coefficient (Wildman–Crippen LogP) is 3.01. The fourth-order valence-electron chi connectivity index (χ4n) is 1.97. The van der Waals surface area contributed by atoms with Gasteiger partial charge in [0.2, 0.25) is 0 Å². The Morgan fingerprint density at radius 3 is 2.73 bits per heavy atom. The fraction of sp³-hybridized carbons (Fsp3) is 0. The van der Waals surface area contributed by atoms with E-state index in [-0.39, 0.29) is 11.7 Å². The maximum absolute atomic E-state index is 11.8. The van der Waals surface area contributed by atoms with Crippen molar-refractivity contribution >= 4 is 23.5 Å². The number of benzene rings is 1. The van der Waals surface area contributed by atoms with Crippen LogP contribution in [0, 0.1) is 0 Å². The van der Waals surface area contributed by atoms with E-state index >= 15 is 0 Å². The first-order valence-corrected chi connectivity index (χ1v) is 7.46. The summed E-state index contributed by atoms with van der Waals surface area (Å²) in [6.45, 7) is 0. The number of phenols is 1. The number of nitrogens with zero attached hydrogens (tertiary/aromatic N) is 2. The van der Waals surface area contributed by atoms with E-state index in [9.17, 15) is 9.90 Å². The standard InChI is InChI=1S/C16H13N3O2S/c20-14-7-5-12(6-8-14)19-9-1-3-13(19)11-17-18-16(21)15-4-2-10-22-15/h1-11,20H,(H,18,21)/b17-11+. The van der Waals surface area contributed by atoms with E-state index in [1.807, 2.05) is 34.3 Å². The van der Waals surface area contributed by atoms with Crippen molar-refractivity contribution in [1.29, 1.82) is 0 Å². The van der Waals surface area contributed by atoms with E-state index in [0.717, 1.165) is 11.4 Å². The molecule has 3 rings (SSSR count). The topological polar surface area (TPSA) is 66.6 Å². The van der Waals surface area contributed by atoms with Crippen LogP contribution in [-0.4, -0.2) is 21.8 Å². The molecule has 0 spiro atoms. The van der Waals surface area contributed by atoms with E-state index in [2.05, 4.69) is 10.5 Å². The van der Waals surface area contributed by atoms with Crippen molar-refractivity contribution in [1.82, 2.24) is 9.99 Å². The molecule has 0 saturated heterocycles. The smallest absolute Gasteiger partial charge is 0.281 e. The number of aromatic nitrogens is 1. The molecule has 0 aliphatic heterocycles. The molecule has 110 valence electrons. The van der Waals surface area contributed by atoms with Crippen LogP contribution in [0.1, 0.15) is 15.4 Å². The molecule has 6 heteroatoms. The molecular formula is C16H13N3O2S. The Balaban J connectivity index is 1.74. The van der Waals surface area contributed by atoms with Crippen LogP contribution in [-0.2, 0) is 0 Å². The number of carbonyl (C=O) groups is 1. The van der Waals surface area contributed by atoms with Crippen LogP contribution in [0.25, 0.3) is 5.69 Å². The van der Waals surface area contributed by atoms with E-state index in [4.69, 9.17) is 0 Å². The van der Waals surface area contributed by atoms with Crippen LogP contribution in [0.15, 0.2) is 65.2 Å². The van der Waals surface area contributed by atoms with Gasteiger partial charge in [-0.25, -0.2) is 5.43 Å². The molecule has 3 aromatic rings. The first kappa shape index (κ1) is 14.1. The number of hydrazone groups is 1. The molecule has 5 nitrogen and oxygen atoms in total. The van der Waals surface area contributed by atoms with Crippen LogP contribution in [0.2, 0.25) is 0 Å². The second-order valence-corrected chi connectivity index (χ2v) is 5.44. The average Bonchev–Trinajstić information content (AvgIpc) is 3.19. The third-order valence-electron chi connectivity index (χ3n) is 3.02.